The molecule has 1 saturated heterocycles. The summed E-state index contributed by atoms with van der Waals surface area (Å²) in [5, 5.41) is 31.3. The minimum Gasteiger partial charge on any atom is -0.508 e. The summed E-state index contributed by atoms with van der Waals surface area (Å²) < 4.78 is 6.12. The number of rotatable bonds is 10. The molecule has 2 heterocycles. The average Bonchev–Trinajstić information content (AvgIpc) is 3.16. The fraction of sp³-hybridized carbons (Fsp3) is 0.500. The summed E-state index contributed by atoms with van der Waals surface area (Å²) in [4.78, 5) is 3.42. The summed E-state index contributed by atoms with van der Waals surface area (Å²) in [6, 6.07) is 5.45. The summed E-state index contributed by atoms with van der Waals surface area (Å²) >= 11 is 1.73. The maximum atomic E-state index is 11.3. The first-order valence-corrected chi connectivity index (χ1v) is 13.3. The van der Waals surface area contributed by atoms with Gasteiger partial charge in [0.25, 0.3) is 0 Å². The number of benzene rings is 1. The Morgan fingerprint density at radius 1 is 1.29 bits per heavy atom. The van der Waals surface area contributed by atoms with Gasteiger partial charge in [0.05, 0.1) is 12.2 Å². The van der Waals surface area contributed by atoms with Crippen molar-refractivity contribution in [3.05, 3.63) is 72.6 Å². The third kappa shape index (κ3) is 5.98. The number of nitrogens with zero attached hydrogens (tertiary/aromatic N) is 1. The van der Waals surface area contributed by atoms with E-state index in [-0.39, 0.29) is 35.0 Å². The smallest absolute Gasteiger partial charge is 0.124 e. The molecule has 0 spiro atoms. The second-order valence-corrected chi connectivity index (χ2v) is 10.8. The second-order valence-electron chi connectivity index (χ2n) is 9.53. The van der Waals surface area contributed by atoms with E-state index in [0.717, 1.165) is 55.1 Å². The van der Waals surface area contributed by atoms with Crippen molar-refractivity contribution in [1.82, 2.24) is 4.90 Å². The van der Waals surface area contributed by atoms with E-state index in [1.165, 1.54) is 0 Å². The van der Waals surface area contributed by atoms with E-state index < -0.39 is 6.10 Å². The number of hydrogen-bond acceptors (Lipinski definition) is 6. The molecule has 0 aromatic heterocycles. The molecule has 0 radical (unpaired) electrons. The van der Waals surface area contributed by atoms with Gasteiger partial charge in [-0.1, -0.05) is 43.9 Å². The molecule has 1 aromatic rings. The van der Waals surface area contributed by atoms with Gasteiger partial charge in [-0.15, -0.1) is 11.8 Å². The van der Waals surface area contributed by atoms with Crippen molar-refractivity contribution in [2.75, 3.05) is 19.6 Å². The zero-order chi connectivity index (χ0) is 24.1. The van der Waals surface area contributed by atoms with E-state index in [4.69, 9.17) is 4.74 Å². The molecule has 1 unspecified atom stereocenters. The number of fused-ring (bicyclic) bond motifs is 1. The first-order valence-electron chi connectivity index (χ1n) is 12.4. The first kappa shape index (κ1) is 25.1. The zero-order valence-corrected chi connectivity index (χ0v) is 20.7. The summed E-state index contributed by atoms with van der Waals surface area (Å²) in [7, 11) is 0. The molecule has 5 atom stereocenters. The first-order chi connectivity index (χ1) is 16.5. The molecule has 1 aromatic carbocycles. The molecule has 1 fully saturated rings. The molecule has 5 nitrogen and oxygen atoms in total. The van der Waals surface area contributed by atoms with Crippen LogP contribution >= 0.6 is 11.8 Å². The molecule has 0 bridgehead atoms. The highest BCUT2D eigenvalue weighted by atomic mass is 32.2. The number of likely N-dealkylation sites (tertiary alicyclic amines) is 1. The molecule has 6 heteroatoms. The highest BCUT2D eigenvalue weighted by Gasteiger charge is 2.41. The molecular weight excluding hydrogens is 446 g/mol. The minimum atomic E-state index is -0.562. The molecule has 3 aliphatic rings. The molecule has 184 valence electrons. The van der Waals surface area contributed by atoms with E-state index in [1.807, 2.05) is 30.4 Å². The van der Waals surface area contributed by atoms with Crippen molar-refractivity contribution in [2.24, 2.45) is 5.92 Å². The summed E-state index contributed by atoms with van der Waals surface area (Å²) in [6.45, 7) is 9.00. The van der Waals surface area contributed by atoms with Crippen LogP contribution in [-0.2, 0) is 4.74 Å². The van der Waals surface area contributed by atoms with Crippen molar-refractivity contribution in [3.63, 3.8) is 0 Å². The molecule has 0 amide bonds. The standard InChI is InChI=1S/C28H37NO4S/c1-3-6-22(33-23-17-29(18-23)15-4-2)7-5-8-25(32)27-24-14-13-21(31)16-26(24)34-28(27)19-9-11-20(30)12-10-19/h3,5-7,9,11,13-14,16,19-20,23,25,27-28,30-32H,1,4,8,10,12,15,17-18H2,2H3/b7-5-,22-6+/t19-,20+,25-,27?,28+/m0/s1. The molecule has 2 aliphatic heterocycles. The van der Waals surface area contributed by atoms with Crippen molar-refractivity contribution < 1.29 is 20.1 Å². The van der Waals surface area contributed by atoms with E-state index in [9.17, 15) is 15.3 Å². The number of phenolic OH excluding ortho intramolecular Hbond substituents is 1. The Morgan fingerprint density at radius 2 is 2.12 bits per heavy atom. The van der Waals surface area contributed by atoms with Crippen LogP contribution < -0.4 is 0 Å². The summed E-state index contributed by atoms with van der Waals surface area (Å²) in [5.41, 5.74) is 1.09. The number of ether oxygens (including phenoxy) is 1. The maximum Gasteiger partial charge on any atom is 0.124 e. The normalized spacial score (nSPS) is 28.6. The van der Waals surface area contributed by atoms with Crippen molar-refractivity contribution in [1.29, 1.82) is 0 Å². The number of aromatic hydroxyl groups is 1. The fourth-order valence-corrected chi connectivity index (χ4v) is 6.88. The number of thioether (sulfide) groups is 1. The van der Waals surface area contributed by atoms with Gasteiger partial charge in [-0.25, -0.2) is 0 Å². The van der Waals surface area contributed by atoms with Crippen LogP contribution in [0.15, 0.2) is 71.9 Å². The highest BCUT2D eigenvalue weighted by molar-refractivity contribution is 8.00. The topological polar surface area (TPSA) is 73.2 Å². The molecular formula is C28H37NO4S. The van der Waals surface area contributed by atoms with Gasteiger partial charge in [0, 0.05) is 29.2 Å². The lowest BCUT2D eigenvalue weighted by molar-refractivity contribution is -0.0171. The van der Waals surface area contributed by atoms with Crippen molar-refractivity contribution in [2.45, 2.75) is 67.0 Å². The van der Waals surface area contributed by atoms with E-state index in [1.54, 1.807) is 30.0 Å². The molecule has 3 N–H and O–H groups in total. The SMILES string of the molecule is C=C/C=C(\C=C/C[C@H](O)C1c2ccc(O)cc2S[C@@H]1[C@H]1C=C[C@@H](O)CC1)OC1CN(CCC)C1. The Bertz CT molecular complexity index is 936. The predicted octanol–water partition coefficient (Wildman–Crippen LogP) is 4.77. The number of phenols is 1. The third-order valence-corrected chi connectivity index (χ3v) is 8.42. The van der Waals surface area contributed by atoms with Gasteiger partial charge < -0.3 is 20.1 Å². The van der Waals surface area contributed by atoms with Gasteiger partial charge >= 0.3 is 0 Å². The number of aliphatic hydroxyl groups is 2. The van der Waals surface area contributed by atoms with Crippen molar-refractivity contribution in [3.8, 4) is 5.75 Å². The summed E-state index contributed by atoms with van der Waals surface area (Å²) in [6.07, 6.45) is 14.1. The van der Waals surface area contributed by atoms with Crippen LogP contribution in [0, 0.1) is 5.92 Å². The monoisotopic (exact) mass is 483 g/mol. The molecule has 4 rings (SSSR count). The number of aliphatic hydroxyl groups excluding tert-OH is 2. The Hall–Kier alpha value is -1.99. The Kier molecular flexibility index (Phi) is 8.59. The van der Waals surface area contributed by atoms with Gasteiger partial charge in [-0.2, -0.15) is 0 Å². The van der Waals surface area contributed by atoms with Crippen LogP contribution in [0.5, 0.6) is 5.75 Å². The van der Waals surface area contributed by atoms with Gasteiger partial charge in [0.2, 0.25) is 0 Å². The van der Waals surface area contributed by atoms with Crippen LogP contribution in [0.25, 0.3) is 0 Å². The van der Waals surface area contributed by atoms with Crippen LogP contribution in [0.4, 0.5) is 0 Å². The van der Waals surface area contributed by atoms with Gasteiger partial charge in [-0.05, 0) is 68.0 Å². The van der Waals surface area contributed by atoms with E-state index in [2.05, 4.69) is 24.5 Å². The van der Waals surface area contributed by atoms with Crippen LogP contribution in [-0.4, -0.2) is 63.4 Å². The lowest BCUT2D eigenvalue weighted by atomic mass is 9.80. The Labute approximate surface area is 207 Å². The quantitative estimate of drug-likeness (QED) is 0.253. The third-order valence-electron chi connectivity index (χ3n) is 6.89. The molecule has 0 saturated carbocycles. The lowest BCUT2D eigenvalue weighted by Crippen LogP contribution is -2.51. The maximum absolute atomic E-state index is 11.3. The van der Waals surface area contributed by atoms with Crippen LogP contribution in [0.1, 0.15) is 44.1 Å². The summed E-state index contributed by atoms with van der Waals surface area (Å²) in [5.74, 6) is 1.25. The minimum absolute atomic E-state index is 0.0443. The van der Waals surface area contributed by atoms with Gasteiger partial charge in [0.1, 0.15) is 17.6 Å². The van der Waals surface area contributed by atoms with E-state index >= 15 is 0 Å². The molecule has 34 heavy (non-hydrogen) atoms. The second kappa shape index (κ2) is 11.6. The lowest BCUT2D eigenvalue weighted by Gasteiger charge is -2.39. The van der Waals surface area contributed by atoms with Gasteiger partial charge in [0.15, 0.2) is 0 Å². The predicted molar refractivity (Wildman–Crippen MR) is 138 cm³/mol. The Balaban J connectivity index is 1.42. The molecule has 1 aliphatic carbocycles. The van der Waals surface area contributed by atoms with Gasteiger partial charge in [-0.3, -0.25) is 4.90 Å². The van der Waals surface area contributed by atoms with Crippen molar-refractivity contribution >= 4 is 11.8 Å². The highest BCUT2D eigenvalue weighted by Crippen LogP contribution is 2.52. The van der Waals surface area contributed by atoms with Crippen LogP contribution in [0.3, 0.4) is 0 Å². The number of hydrogen-bond donors (Lipinski definition) is 3. The fourth-order valence-electron chi connectivity index (χ4n) is 5.19. The average molecular weight is 484 g/mol. The van der Waals surface area contributed by atoms with Crippen LogP contribution in [0.2, 0.25) is 0 Å². The zero-order valence-electron chi connectivity index (χ0n) is 19.9. The Morgan fingerprint density at radius 3 is 2.82 bits per heavy atom. The number of allylic oxidation sites excluding steroid dienone is 4. The largest absolute Gasteiger partial charge is 0.508 e. The van der Waals surface area contributed by atoms with E-state index in [0.29, 0.717) is 6.42 Å².